The second kappa shape index (κ2) is 10.8. The summed E-state index contributed by atoms with van der Waals surface area (Å²) in [6.07, 6.45) is 0. The van der Waals surface area contributed by atoms with Gasteiger partial charge in [0.05, 0.1) is 17.2 Å². The lowest BCUT2D eigenvalue weighted by atomic mass is 10.0. The number of carbonyl (C=O) groups is 3. The zero-order valence-corrected chi connectivity index (χ0v) is 18.0. The molecule has 0 heterocycles. The molecule has 2 aromatic carbocycles. The number of nitrogens with one attached hydrogen (secondary N) is 3. The smallest absolute Gasteiger partial charge is 0.288 e. The number of nitrogens with zero attached hydrogens (tertiary/aromatic N) is 1. The lowest BCUT2D eigenvalue weighted by Gasteiger charge is -2.21. The molecule has 13 heteroatoms. The predicted octanol–water partition coefficient (Wildman–Crippen LogP) is 3.17. The largest absolute Gasteiger partial charge is 0.345 e. The Hall–Kier alpha value is -3.67. The van der Waals surface area contributed by atoms with Gasteiger partial charge in [-0.1, -0.05) is 25.4 Å². The Balaban J connectivity index is 2.03. The first-order chi connectivity index (χ1) is 15.4. The standard InChI is InChI=1S/C20H18ClF3N4O5/c1-9(2)18(27-19(30)10-3-4-11(21)14(7-10)28(32)33)20(31)25-8-15(29)26-13-6-5-12(22)16(23)17(13)24/h3-7,9,18H,8H2,1-2H3,(H,25,31)(H,26,29)(H,27,30). The van der Waals surface area contributed by atoms with Crippen LogP contribution in [0.3, 0.4) is 0 Å². The van der Waals surface area contributed by atoms with Crippen molar-refractivity contribution in [3.8, 4) is 0 Å². The molecule has 0 bridgehead atoms. The van der Waals surface area contributed by atoms with Gasteiger partial charge in [-0.3, -0.25) is 24.5 Å². The van der Waals surface area contributed by atoms with Gasteiger partial charge in [0.15, 0.2) is 17.5 Å². The number of amides is 3. The average Bonchev–Trinajstić information content (AvgIpc) is 2.75. The van der Waals surface area contributed by atoms with Crippen molar-refractivity contribution < 1.29 is 32.5 Å². The Morgan fingerprint density at radius 3 is 2.36 bits per heavy atom. The van der Waals surface area contributed by atoms with Gasteiger partial charge in [-0.2, -0.15) is 0 Å². The molecule has 0 fully saturated rings. The maximum absolute atomic E-state index is 13.6. The van der Waals surface area contributed by atoms with Crippen LogP contribution in [-0.2, 0) is 9.59 Å². The quantitative estimate of drug-likeness (QED) is 0.300. The topological polar surface area (TPSA) is 130 Å². The van der Waals surface area contributed by atoms with Crippen LogP contribution in [0.2, 0.25) is 5.02 Å². The number of anilines is 1. The van der Waals surface area contributed by atoms with Gasteiger partial charge >= 0.3 is 0 Å². The van der Waals surface area contributed by atoms with Crippen LogP contribution < -0.4 is 16.0 Å². The number of hydrogen-bond donors (Lipinski definition) is 3. The van der Waals surface area contributed by atoms with Gasteiger partial charge in [-0.05, 0) is 30.2 Å². The van der Waals surface area contributed by atoms with E-state index in [1.165, 1.54) is 12.1 Å². The molecule has 2 rings (SSSR count). The Morgan fingerprint density at radius 2 is 1.76 bits per heavy atom. The Kier molecular flexibility index (Phi) is 8.35. The van der Waals surface area contributed by atoms with Crippen molar-refractivity contribution in [1.29, 1.82) is 0 Å². The summed E-state index contributed by atoms with van der Waals surface area (Å²) in [5.41, 5.74) is -1.22. The fourth-order valence-corrected chi connectivity index (χ4v) is 2.83. The van der Waals surface area contributed by atoms with Crippen LogP contribution in [0, 0.1) is 33.5 Å². The molecule has 0 spiro atoms. The van der Waals surface area contributed by atoms with Crippen LogP contribution >= 0.6 is 11.6 Å². The molecule has 0 aliphatic carbocycles. The van der Waals surface area contributed by atoms with Gasteiger partial charge in [0.1, 0.15) is 11.1 Å². The van der Waals surface area contributed by atoms with E-state index in [0.717, 1.165) is 12.1 Å². The molecule has 0 saturated carbocycles. The first kappa shape index (κ1) is 25.6. The van der Waals surface area contributed by atoms with Gasteiger partial charge < -0.3 is 16.0 Å². The fraction of sp³-hybridized carbons (Fsp3) is 0.250. The molecule has 0 aliphatic rings. The third kappa shape index (κ3) is 6.42. The second-order valence-electron chi connectivity index (χ2n) is 7.11. The summed E-state index contributed by atoms with van der Waals surface area (Å²) in [4.78, 5) is 47.2. The molecular formula is C20H18ClF3N4O5. The van der Waals surface area contributed by atoms with E-state index in [9.17, 15) is 37.7 Å². The maximum Gasteiger partial charge on any atom is 0.288 e. The average molecular weight is 487 g/mol. The summed E-state index contributed by atoms with van der Waals surface area (Å²) < 4.78 is 39.9. The van der Waals surface area contributed by atoms with Crippen molar-refractivity contribution in [3.05, 3.63) is 68.5 Å². The molecule has 33 heavy (non-hydrogen) atoms. The van der Waals surface area contributed by atoms with Gasteiger partial charge in [0, 0.05) is 11.6 Å². The second-order valence-corrected chi connectivity index (χ2v) is 7.51. The first-order valence-electron chi connectivity index (χ1n) is 9.38. The van der Waals surface area contributed by atoms with E-state index in [-0.39, 0.29) is 10.6 Å². The zero-order valence-electron chi connectivity index (χ0n) is 17.2. The highest BCUT2D eigenvalue weighted by molar-refractivity contribution is 6.32. The number of nitro benzene ring substituents is 1. The third-order valence-electron chi connectivity index (χ3n) is 4.37. The molecule has 0 radical (unpaired) electrons. The van der Waals surface area contributed by atoms with Crippen LogP contribution in [0.1, 0.15) is 24.2 Å². The first-order valence-corrected chi connectivity index (χ1v) is 9.76. The molecule has 1 atom stereocenters. The summed E-state index contributed by atoms with van der Waals surface area (Å²) in [6, 6.07) is 3.66. The molecule has 9 nitrogen and oxygen atoms in total. The van der Waals surface area contributed by atoms with E-state index >= 15 is 0 Å². The minimum Gasteiger partial charge on any atom is -0.345 e. The van der Waals surface area contributed by atoms with Crippen molar-refractivity contribution in [2.45, 2.75) is 19.9 Å². The van der Waals surface area contributed by atoms with Crippen molar-refractivity contribution in [3.63, 3.8) is 0 Å². The zero-order chi connectivity index (χ0) is 24.9. The number of nitro groups is 1. The molecule has 2 aromatic rings. The summed E-state index contributed by atoms with van der Waals surface area (Å²) in [5.74, 6) is -7.75. The predicted molar refractivity (Wildman–Crippen MR) is 112 cm³/mol. The normalized spacial score (nSPS) is 11.6. The van der Waals surface area contributed by atoms with Crippen molar-refractivity contribution in [2.75, 3.05) is 11.9 Å². The lowest BCUT2D eigenvalue weighted by Crippen LogP contribution is -2.51. The number of hydrogen-bond acceptors (Lipinski definition) is 5. The Labute approximate surface area is 190 Å². The molecule has 3 N–H and O–H groups in total. The van der Waals surface area contributed by atoms with E-state index in [2.05, 4.69) is 10.6 Å². The molecule has 0 aliphatic heterocycles. The van der Waals surface area contributed by atoms with Crippen LogP contribution in [-0.4, -0.2) is 35.2 Å². The highest BCUT2D eigenvalue weighted by Gasteiger charge is 2.26. The SMILES string of the molecule is CC(C)C(NC(=O)c1ccc(Cl)c([N+](=O)[O-])c1)C(=O)NCC(=O)Nc1ccc(F)c(F)c1F. The third-order valence-corrected chi connectivity index (χ3v) is 4.69. The Morgan fingerprint density at radius 1 is 1.09 bits per heavy atom. The van der Waals surface area contributed by atoms with E-state index in [1.54, 1.807) is 13.8 Å². The molecule has 0 saturated heterocycles. The van der Waals surface area contributed by atoms with Crippen LogP contribution in [0.15, 0.2) is 30.3 Å². The van der Waals surface area contributed by atoms with E-state index in [4.69, 9.17) is 11.6 Å². The summed E-state index contributed by atoms with van der Waals surface area (Å²) in [6.45, 7) is 2.54. The van der Waals surface area contributed by atoms with Crippen molar-refractivity contribution >= 4 is 40.7 Å². The van der Waals surface area contributed by atoms with E-state index < -0.39 is 70.0 Å². The minimum absolute atomic E-state index is 0.115. The van der Waals surface area contributed by atoms with Crippen molar-refractivity contribution in [2.24, 2.45) is 5.92 Å². The van der Waals surface area contributed by atoms with Gasteiger partial charge in [-0.15, -0.1) is 0 Å². The molecule has 3 amide bonds. The monoisotopic (exact) mass is 486 g/mol. The molecular weight excluding hydrogens is 469 g/mol. The Bertz CT molecular complexity index is 1110. The molecule has 0 aromatic heterocycles. The number of benzene rings is 2. The van der Waals surface area contributed by atoms with Crippen LogP contribution in [0.4, 0.5) is 24.5 Å². The van der Waals surface area contributed by atoms with Crippen molar-refractivity contribution in [1.82, 2.24) is 10.6 Å². The summed E-state index contributed by atoms with van der Waals surface area (Å²) in [7, 11) is 0. The van der Waals surface area contributed by atoms with Gasteiger partial charge in [0.25, 0.3) is 11.6 Å². The molecule has 1 unspecified atom stereocenters. The lowest BCUT2D eigenvalue weighted by molar-refractivity contribution is -0.384. The number of halogens is 4. The summed E-state index contributed by atoms with van der Waals surface area (Å²) in [5, 5.41) is 17.5. The number of carbonyl (C=O) groups excluding carboxylic acids is 3. The number of rotatable bonds is 8. The fourth-order valence-electron chi connectivity index (χ4n) is 2.65. The van der Waals surface area contributed by atoms with Gasteiger partial charge in [0.2, 0.25) is 11.8 Å². The molecule has 176 valence electrons. The highest BCUT2D eigenvalue weighted by Crippen LogP contribution is 2.25. The van der Waals surface area contributed by atoms with Gasteiger partial charge in [-0.25, -0.2) is 13.2 Å². The summed E-state index contributed by atoms with van der Waals surface area (Å²) >= 11 is 5.72. The van der Waals surface area contributed by atoms with E-state index in [0.29, 0.717) is 6.07 Å². The minimum atomic E-state index is -1.76. The van der Waals surface area contributed by atoms with Crippen LogP contribution in [0.25, 0.3) is 0 Å². The van der Waals surface area contributed by atoms with Crippen LogP contribution in [0.5, 0.6) is 0 Å². The maximum atomic E-state index is 13.6. The van der Waals surface area contributed by atoms with E-state index in [1.807, 2.05) is 5.32 Å². The highest BCUT2D eigenvalue weighted by atomic mass is 35.5.